The minimum absolute atomic E-state index is 0.100. The maximum absolute atomic E-state index is 11.7. The summed E-state index contributed by atoms with van der Waals surface area (Å²) < 4.78 is 0. The summed E-state index contributed by atoms with van der Waals surface area (Å²) in [5.74, 6) is 0.100. The number of allylic oxidation sites excluding steroid dienone is 3. The molecule has 1 aliphatic rings. The number of hydrogen-bond acceptors (Lipinski definition) is 1. The first-order chi connectivity index (χ1) is 6.25. The van der Waals surface area contributed by atoms with Crippen LogP contribution in [0.3, 0.4) is 0 Å². The topological polar surface area (TPSA) is 17.1 Å². The molecule has 1 aromatic carbocycles. The summed E-state index contributed by atoms with van der Waals surface area (Å²) in [4.78, 5) is 11.7. The van der Waals surface area contributed by atoms with Crippen LogP contribution in [-0.2, 0) is 0 Å². The molecular weight excluding hydrogens is 160 g/mol. The lowest BCUT2D eigenvalue weighted by Gasteiger charge is -1.95. The minimum Gasteiger partial charge on any atom is -0.289 e. The third-order valence-electron chi connectivity index (χ3n) is 2.36. The number of Topliss-reactive ketones (excluding diaryl/α,β-unsaturated/α-hetero) is 1. The van der Waals surface area contributed by atoms with E-state index in [0.29, 0.717) is 0 Å². The molecule has 0 aromatic heterocycles. The molecule has 1 nitrogen and oxygen atoms in total. The first kappa shape index (κ1) is 7.99. The van der Waals surface area contributed by atoms with Crippen LogP contribution in [-0.4, -0.2) is 5.78 Å². The maximum Gasteiger partial charge on any atom is 0.193 e. The molecule has 0 amide bonds. The van der Waals surface area contributed by atoms with E-state index < -0.39 is 0 Å². The van der Waals surface area contributed by atoms with Crippen molar-refractivity contribution in [3.8, 4) is 0 Å². The van der Waals surface area contributed by atoms with Crippen molar-refractivity contribution in [2.24, 2.45) is 0 Å². The Kier molecular flexibility index (Phi) is 1.66. The Bertz CT molecular complexity index is 388. The van der Waals surface area contributed by atoms with Crippen molar-refractivity contribution >= 4 is 11.4 Å². The van der Waals surface area contributed by atoms with E-state index in [2.05, 4.69) is 6.58 Å². The van der Waals surface area contributed by atoms with Gasteiger partial charge in [0.2, 0.25) is 0 Å². The number of benzene rings is 1. The summed E-state index contributed by atoms with van der Waals surface area (Å²) in [6, 6.07) is 7.59. The first-order valence-corrected chi connectivity index (χ1v) is 4.25. The average Bonchev–Trinajstić information content (AvgIpc) is 2.41. The summed E-state index contributed by atoms with van der Waals surface area (Å²) in [7, 11) is 0. The van der Waals surface area contributed by atoms with E-state index in [9.17, 15) is 4.79 Å². The van der Waals surface area contributed by atoms with E-state index in [1.54, 1.807) is 0 Å². The molecule has 0 radical (unpaired) electrons. The molecule has 13 heavy (non-hydrogen) atoms. The largest absolute Gasteiger partial charge is 0.289 e. The predicted octanol–water partition coefficient (Wildman–Crippen LogP) is 2.84. The van der Waals surface area contributed by atoms with Crippen LogP contribution in [0.2, 0.25) is 0 Å². The van der Waals surface area contributed by atoms with Crippen molar-refractivity contribution in [2.45, 2.75) is 6.92 Å². The first-order valence-electron chi connectivity index (χ1n) is 4.25. The van der Waals surface area contributed by atoms with Gasteiger partial charge in [-0.15, -0.1) is 0 Å². The van der Waals surface area contributed by atoms with Gasteiger partial charge in [-0.05, 0) is 18.1 Å². The maximum atomic E-state index is 11.7. The molecule has 1 aromatic rings. The molecule has 0 saturated heterocycles. The van der Waals surface area contributed by atoms with Crippen LogP contribution in [0.25, 0.3) is 5.57 Å². The predicted molar refractivity (Wildman–Crippen MR) is 53.6 cm³/mol. The number of rotatable bonds is 0. The van der Waals surface area contributed by atoms with Crippen LogP contribution in [0.15, 0.2) is 42.5 Å². The standard InChI is InChI=1S/C12H10O/c1-3-9-8(2)10-6-4-5-7-11(10)12(9)13/h3-7H,2H2,1H3/b9-3-. The molecule has 64 valence electrons. The van der Waals surface area contributed by atoms with Gasteiger partial charge in [-0.2, -0.15) is 0 Å². The van der Waals surface area contributed by atoms with Crippen molar-refractivity contribution in [3.63, 3.8) is 0 Å². The molecule has 0 saturated carbocycles. The Morgan fingerprint density at radius 2 is 1.85 bits per heavy atom. The summed E-state index contributed by atoms with van der Waals surface area (Å²) in [5.41, 5.74) is 3.34. The lowest BCUT2D eigenvalue weighted by Crippen LogP contribution is -1.93. The molecule has 1 heteroatoms. The zero-order valence-corrected chi connectivity index (χ0v) is 7.50. The highest BCUT2D eigenvalue weighted by molar-refractivity contribution is 6.26. The summed E-state index contributed by atoms with van der Waals surface area (Å²) in [6.07, 6.45) is 1.82. The molecule has 2 rings (SSSR count). The van der Waals surface area contributed by atoms with Gasteiger partial charge in [0.1, 0.15) is 0 Å². The molecule has 0 bridgehead atoms. The Morgan fingerprint density at radius 1 is 1.23 bits per heavy atom. The number of carbonyl (C=O) groups excluding carboxylic acids is 1. The Morgan fingerprint density at radius 3 is 2.38 bits per heavy atom. The van der Waals surface area contributed by atoms with E-state index in [1.807, 2.05) is 37.3 Å². The smallest absolute Gasteiger partial charge is 0.193 e. The molecule has 0 unspecified atom stereocenters. The molecule has 0 aliphatic heterocycles. The van der Waals surface area contributed by atoms with Gasteiger partial charge in [0.15, 0.2) is 5.78 Å². The van der Waals surface area contributed by atoms with Crippen LogP contribution >= 0.6 is 0 Å². The molecule has 1 aliphatic carbocycles. The highest BCUT2D eigenvalue weighted by atomic mass is 16.1. The van der Waals surface area contributed by atoms with Crippen molar-refractivity contribution < 1.29 is 4.79 Å². The van der Waals surface area contributed by atoms with E-state index in [0.717, 1.165) is 22.3 Å². The van der Waals surface area contributed by atoms with Gasteiger partial charge in [-0.3, -0.25) is 4.79 Å². The van der Waals surface area contributed by atoms with Crippen molar-refractivity contribution in [1.29, 1.82) is 0 Å². The summed E-state index contributed by atoms with van der Waals surface area (Å²) >= 11 is 0. The van der Waals surface area contributed by atoms with Gasteiger partial charge in [-0.25, -0.2) is 0 Å². The second-order valence-corrected chi connectivity index (χ2v) is 3.06. The fraction of sp³-hybridized carbons (Fsp3) is 0.0833. The second-order valence-electron chi connectivity index (χ2n) is 3.06. The van der Waals surface area contributed by atoms with E-state index in [4.69, 9.17) is 0 Å². The summed E-state index contributed by atoms with van der Waals surface area (Å²) in [6.45, 7) is 5.77. The lowest BCUT2D eigenvalue weighted by atomic mass is 10.1. The number of fused-ring (bicyclic) bond motifs is 1. The van der Waals surface area contributed by atoms with Crippen LogP contribution in [0.4, 0.5) is 0 Å². The van der Waals surface area contributed by atoms with Crippen LogP contribution in [0, 0.1) is 0 Å². The van der Waals surface area contributed by atoms with Gasteiger partial charge < -0.3 is 0 Å². The summed E-state index contributed by atoms with van der Waals surface area (Å²) in [5, 5.41) is 0. The zero-order valence-electron chi connectivity index (χ0n) is 7.50. The van der Waals surface area contributed by atoms with Gasteiger partial charge >= 0.3 is 0 Å². The molecule has 0 N–H and O–H groups in total. The molecular formula is C12H10O. The Labute approximate surface area is 77.4 Å². The van der Waals surface area contributed by atoms with E-state index >= 15 is 0 Å². The highest BCUT2D eigenvalue weighted by Crippen LogP contribution is 2.34. The third-order valence-corrected chi connectivity index (χ3v) is 2.36. The van der Waals surface area contributed by atoms with Crippen molar-refractivity contribution in [1.82, 2.24) is 0 Å². The fourth-order valence-corrected chi connectivity index (χ4v) is 1.68. The number of hydrogen-bond donors (Lipinski definition) is 0. The second kappa shape index (κ2) is 2.70. The van der Waals surface area contributed by atoms with Crippen LogP contribution in [0.1, 0.15) is 22.8 Å². The van der Waals surface area contributed by atoms with Crippen LogP contribution < -0.4 is 0 Å². The van der Waals surface area contributed by atoms with Gasteiger partial charge in [0.05, 0.1) is 0 Å². The number of carbonyl (C=O) groups is 1. The normalized spacial score (nSPS) is 18.1. The monoisotopic (exact) mass is 170 g/mol. The molecule has 0 atom stereocenters. The molecule has 0 heterocycles. The lowest BCUT2D eigenvalue weighted by molar-refractivity contribution is 0.104. The van der Waals surface area contributed by atoms with Crippen LogP contribution in [0.5, 0.6) is 0 Å². The minimum atomic E-state index is 0.100. The molecule has 0 spiro atoms. The third kappa shape index (κ3) is 0.970. The average molecular weight is 170 g/mol. The van der Waals surface area contributed by atoms with Gasteiger partial charge in [-0.1, -0.05) is 36.9 Å². The van der Waals surface area contributed by atoms with E-state index in [-0.39, 0.29) is 5.78 Å². The SMILES string of the molecule is C=C1/C(=C/C)C(=O)c2ccccc21. The quantitative estimate of drug-likeness (QED) is 0.547. The number of ketones is 1. The van der Waals surface area contributed by atoms with E-state index in [1.165, 1.54) is 0 Å². The van der Waals surface area contributed by atoms with Gasteiger partial charge in [0, 0.05) is 11.1 Å². The zero-order chi connectivity index (χ0) is 9.42. The van der Waals surface area contributed by atoms with Gasteiger partial charge in [0.25, 0.3) is 0 Å². The molecule has 0 fully saturated rings. The fourth-order valence-electron chi connectivity index (χ4n) is 1.68. The Balaban J connectivity index is 2.71. The Hall–Kier alpha value is -1.63. The van der Waals surface area contributed by atoms with Crippen molar-refractivity contribution in [2.75, 3.05) is 0 Å². The van der Waals surface area contributed by atoms with Crippen molar-refractivity contribution in [3.05, 3.63) is 53.6 Å². The highest BCUT2D eigenvalue weighted by Gasteiger charge is 2.26.